The molecule has 0 saturated carbocycles. The molecule has 0 aromatic carbocycles. The molecule has 0 heterocycles. The summed E-state index contributed by atoms with van der Waals surface area (Å²) in [5.41, 5.74) is 0. The first-order valence-corrected chi connectivity index (χ1v) is 2.13. The van der Waals surface area contributed by atoms with Crippen molar-refractivity contribution in [1.29, 1.82) is 0 Å². The van der Waals surface area contributed by atoms with Crippen LogP contribution in [0.25, 0.3) is 0 Å². The monoisotopic (exact) mass is 104 g/mol. The van der Waals surface area contributed by atoms with E-state index in [9.17, 15) is 4.39 Å². The van der Waals surface area contributed by atoms with E-state index in [2.05, 4.69) is 11.3 Å². The molecule has 0 spiro atoms. The second-order valence-corrected chi connectivity index (χ2v) is 1.27. The second-order valence-electron chi connectivity index (χ2n) is 1.27. The summed E-state index contributed by atoms with van der Waals surface area (Å²) in [6.07, 6.45) is 0.905. The minimum absolute atomic E-state index is 0.336. The zero-order valence-corrected chi connectivity index (χ0v) is 4.36. The molecular weight excluding hydrogens is 95.1 g/mol. The van der Waals surface area contributed by atoms with Crippen molar-refractivity contribution in [3.05, 3.63) is 12.8 Å². The molecule has 0 aromatic heterocycles. The van der Waals surface area contributed by atoms with E-state index in [-0.39, 0.29) is 6.10 Å². The van der Waals surface area contributed by atoms with Gasteiger partial charge in [-0.15, -0.1) is 0 Å². The van der Waals surface area contributed by atoms with Gasteiger partial charge in [-0.05, 0) is 6.92 Å². The Labute approximate surface area is 42.8 Å². The predicted octanol–water partition coefficient (Wildman–Crippen LogP) is 1.50. The number of halogens is 1. The quantitative estimate of drug-likeness (QED) is 0.493. The van der Waals surface area contributed by atoms with Crippen molar-refractivity contribution < 1.29 is 9.13 Å². The van der Waals surface area contributed by atoms with Crippen molar-refractivity contribution in [1.82, 2.24) is 0 Å². The zero-order chi connectivity index (χ0) is 5.70. The average Bonchev–Trinajstić information content (AvgIpc) is 1.68. The van der Waals surface area contributed by atoms with E-state index < -0.39 is 6.67 Å². The molecule has 0 bridgehead atoms. The highest BCUT2D eigenvalue weighted by Crippen LogP contribution is 1.88. The molecule has 0 saturated heterocycles. The van der Waals surface area contributed by atoms with E-state index in [1.807, 2.05) is 0 Å². The molecule has 0 radical (unpaired) electrons. The molecule has 0 amide bonds. The minimum atomic E-state index is -0.452. The van der Waals surface area contributed by atoms with Crippen LogP contribution in [0.15, 0.2) is 12.8 Å². The van der Waals surface area contributed by atoms with Crippen molar-refractivity contribution in [2.24, 2.45) is 0 Å². The van der Waals surface area contributed by atoms with E-state index in [1.165, 1.54) is 6.26 Å². The third kappa shape index (κ3) is 3.30. The molecule has 1 unspecified atom stereocenters. The molecular formula is C5H9FO. The Kier molecular flexibility index (Phi) is 3.38. The SMILES string of the molecule is C=COC(C)CF. The minimum Gasteiger partial charge on any atom is -0.496 e. The van der Waals surface area contributed by atoms with E-state index in [0.29, 0.717) is 0 Å². The first-order chi connectivity index (χ1) is 3.31. The molecule has 0 aromatic rings. The molecule has 0 fully saturated rings. The maximum atomic E-state index is 11.4. The maximum absolute atomic E-state index is 11.4. The first kappa shape index (κ1) is 6.47. The standard InChI is InChI=1S/C5H9FO/c1-3-7-5(2)4-6/h3,5H,1,4H2,2H3. The van der Waals surface area contributed by atoms with Crippen LogP contribution in [0.3, 0.4) is 0 Å². The lowest BCUT2D eigenvalue weighted by Gasteiger charge is -2.02. The molecule has 1 nitrogen and oxygen atoms in total. The topological polar surface area (TPSA) is 9.23 Å². The van der Waals surface area contributed by atoms with Gasteiger partial charge in [0.2, 0.25) is 0 Å². The molecule has 0 aliphatic rings. The van der Waals surface area contributed by atoms with Gasteiger partial charge in [0.15, 0.2) is 0 Å². The van der Waals surface area contributed by atoms with Gasteiger partial charge in [-0.25, -0.2) is 4.39 Å². The molecule has 42 valence electrons. The van der Waals surface area contributed by atoms with Crippen molar-refractivity contribution in [2.75, 3.05) is 6.67 Å². The fourth-order valence-electron chi connectivity index (χ4n) is 0.201. The van der Waals surface area contributed by atoms with Crippen molar-refractivity contribution in [3.8, 4) is 0 Å². The van der Waals surface area contributed by atoms with Crippen LogP contribution in [-0.2, 0) is 4.74 Å². The van der Waals surface area contributed by atoms with Crippen molar-refractivity contribution >= 4 is 0 Å². The lowest BCUT2D eigenvalue weighted by molar-refractivity contribution is 0.132. The summed E-state index contributed by atoms with van der Waals surface area (Å²) in [5, 5.41) is 0. The summed E-state index contributed by atoms with van der Waals surface area (Å²) in [6.45, 7) is 4.45. The predicted molar refractivity (Wildman–Crippen MR) is 26.7 cm³/mol. The fraction of sp³-hybridized carbons (Fsp3) is 0.600. The van der Waals surface area contributed by atoms with Gasteiger partial charge in [0.1, 0.15) is 12.8 Å². The highest BCUT2D eigenvalue weighted by Gasteiger charge is 1.93. The number of rotatable bonds is 3. The number of alkyl halides is 1. The molecule has 7 heavy (non-hydrogen) atoms. The Bertz CT molecular complexity index is 54.0. The van der Waals surface area contributed by atoms with E-state index in [0.717, 1.165) is 0 Å². The van der Waals surface area contributed by atoms with Gasteiger partial charge < -0.3 is 4.74 Å². The van der Waals surface area contributed by atoms with E-state index >= 15 is 0 Å². The Hall–Kier alpha value is -0.530. The fourth-order valence-corrected chi connectivity index (χ4v) is 0.201. The van der Waals surface area contributed by atoms with Crippen LogP contribution in [0.1, 0.15) is 6.92 Å². The highest BCUT2D eigenvalue weighted by atomic mass is 19.1. The molecule has 0 aliphatic heterocycles. The van der Waals surface area contributed by atoms with E-state index in [4.69, 9.17) is 0 Å². The van der Waals surface area contributed by atoms with Crippen molar-refractivity contribution in [2.45, 2.75) is 13.0 Å². The molecule has 2 heteroatoms. The van der Waals surface area contributed by atoms with Gasteiger partial charge in [0.05, 0.1) is 6.26 Å². The zero-order valence-electron chi connectivity index (χ0n) is 4.36. The van der Waals surface area contributed by atoms with Crippen LogP contribution in [0.2, 0.25) is 0 Å². The smallest absolute Gasteiger partial charge is 0.126 e. The van der Waals surface area contributed by atoms with Gasteiger partial charge in [0, 0.05) is 0 Å². The summed E-state index contributed by atoms with van der Waals surface area (Å²) >= 11 is 0. The third-order valence-corrected chi connectivity index (χ3v) is 0.546. The summed E-state index contributed by atoms with van der Waals surface area (Å²) < 4.78 is 16.0. The maximum Gasteiger partial charge on any atom is 0.126 e. The summed E-state index contributed by atoms with van der Waals surface area (Å²) in [5.74, 6) is 0. The molecule has 0 N–H and O–H groups in total. The van der Waals surface area contributed by atoms with Crippen molar-refractivity contribution in [3.63, 3.8) is 0 Å². The van der Waals surface area contributed by atoms with Gasteiger partial charge in [-0.3, -0.25) is 0 Å². The summed E-state index contributed by atoms with van der Waals surface area (Å²) in [7, 11) is 0. The van der Waals surface area contributed by atoms with Crippen LogP contribution < -0.4 is 0 Å². The third-order valence-electron chi connectivity index (χ3n) is 0.546. The summed E-state index contributed by atoms with van der Waals surface area (Å²) in [4.78, 5) is 0. The van der Waals surface area contributed by atoms with Crippen LogP contribution in [0, 0.1) is 0 Å². The molecule has 1 atom stereocenters. The lowest BCUT2D eigenvalue weighted by Crippen LogP contribution is -2.04. The highest BCUT2D eigenvalue weighted by molar-refractivity contribution is 4.54. The summed E-state index contributed by atoms with van der Waals surface area (Å²) in [6, 6.07) is 0. The Morgan fingerprint density at radius 3 is 2.71 bits per heavy atom. The Morgan fingerprint density at radius 2 is 2.57 bits per heavy atom. The van der Waals surface area contributed by atoms with Crippen LogP contribution in [0.4, 0.5) is 4.39 Å². The lowest BCUT2D eigenvalue weighted by atomic mass is 10.5. The van der Waals surface area contributed by atoms with Gasteiger partial charge >= 0.3 is 0 Å². The second kappa shape index (κ2) is 3.65. The Balaban J connectivity index is 2.98. The average molecular weight is 104 g/mol. The van der Waals surface area contributed by atoms with Crippen LogP contribution in [0.5, 0.6) is 0 Å². The first-order valence-electron chi connectivity index (χ1n) is 2.13. The van der Waals surface area contributed by atoms with Gasteiger partial charge in [-0.1, -0.05) is 6.58 Å². The van der Waals surface area contributed by atoms with Crippen LogP contribution in [-0.4, -0.2) is 12.8 Å². The normalized spacial score (nSPS) is 12.9. The largest absolute Gasteiger partial charge is 0.496 e. The molecule has 0 rings (SSSR count). The van der Waals surface area contributed by atoms with Gasteiger partial charge in [-0.2, -0.15) is 0 Å². The van der Waals surface area contributed by atoms with E-state index in [1.54, 1.807) is 6.92 Å². The van der Waals surface area contributed by atoms with Gasteiger partial charge in [0.25, 0.3) is 0 Å². The number of hydrogen-bond acceptors (Lipinski definition) is 1. The Morgan fingerprint density at radius 1 is 2.00 bits per heavy atom. The van der Waals surface area contributed by atoms with Crippen LogP contribution >= 0.6 is 0 Å². The molecule has 0 aliphatic carbocycles. The number of ether oxygens (including phenoxy) is 1. The number of hydrogen-bond donors (Lipinski definition) is 0.